The molecule has 0 saturated carbocycles. The van der Waals surface area contributed by atoms with E-state index in [4.69, 9.17) is 5.73 Å². The first-order chi connectivity index (χ1) is 5.70. The van der Waals surface area contributed by atoms with E-state index in [1.165, 1.54) is 0 Å². The van der Waals surface area contributed by atoms with Gasteiger partial charge in [0, 0.05) is 14.1 Å². The standard InChI is InChI=1S/C9H15N3/c1-12(2)11-9(10)8-6-4-3-5-7-8/h3-7,9,11H,10H2,1-2H3. The molecule has 1 aromatic carbocycles. The number of nitrogens with two attached hydrogens (primary N) is 1. The molecule has 3 heteroatoms. The number of hydrogen-bond donors (Lipinski definition) is 2. The molecule has 0 aliphatic carbocycles. The van der Waals surface area contributed by atoms with Crippen LogP contribution in [0.4, 0.5) is 0 Å². The third-order valence-corrected chi connectivity index (χ3v) is 1.56. The number of benzene rings is 1. The van der Waals surface area contributed by atoms with Crippen LogP contribution in [0.5, 0.6) is 0 Å². The van der Waals surface area contributed by atoms with E-state index in [1.54, 1.807) is 0 Å². The lowest BCUT2D eigenvalue weighted by Gasteiger charge is -2.19. The summed E-state index contributed by atoms with van der Waals surface area (Å²) in [4.78, 5) is 0. The van der Waals surface area contributed by atoms with Crippen molar-refractivity contribution in [2.45, 2.75) is 6.17 Å². The summed E-state index contributed by atoms with van der Waals surface area (Å²) in [5, 5.41) is 1.84. The van der Waals surface area contributed by atoms with E-state index < -0.39 is 0 Å². The van der Waals surface area contributed by atoms with Crippen molar-refractivity contribution in [2.75, 3.05) is 14.1 Å². The van der Waals surface area contributed by atoms with Gasteiger partial charge in [-0.25, -0.2) is 10.4 Å². The number of rotatable bonds is 3. The molecule has 1 aromatic rings. The molecule has 3 N–H and O–H groups in total. The van der Waals surface area contributed by atoms with Crippen LogP contribution in [0.15, 0.2) is 30.3 Å². The highest BCUT2D eigenvalue weighted by Gasteiger charge is 2.03. The van der Waals surface area contributed by atoms with Crippen molar-refractivity contribution in [1.29, 1.82) is 0 Å². The van der Waals surface area contributed by atoms with Gasteiger partial charge < -0.3 is 5.73 Å². The van der Waals surface area contributed by atoms with Gasteiger partial charge in [-0.2, -0.15) is 0 Å². The minimum absolute atomic E-state index is 0.124. The highest BCUT2D eigenvalue weighted by Crippen LogP contribution is 2.05. The normalized spacial score (nSPS) is 13.3. The van der Waals surface area contributed by atoms with Crippen LogP contribution in [0.25, 0.3) is 0 Å². The first-order valence-corrected chi connectivity index (χ1v) is 3.94. The van der Waals surface area contributed by atoms with Crippen molar-refractivity contribution < 1.29 is 0 Å². The fourth-order valence-corrected chi connectivity index (χ4v) is 1.01. The van der Waals surface area contributed by atoms with Gasteiger partial charge in [0.1, 0.15) is 0 Å². The third-order valence-electron chi connectivity index (χ3n) is 1.56. The monoisotopic (exact) mass is 165 g/mol. The molecule has 1 unspecified atom stereocenters. The molecular weight excluding hydrogens is 150 g/mol. The minimum Gasteiger partial charge on any atom is -0.311 e. The van der Waals surface area contributed by atoms with Crippen molar-refractivity contribution in [1.82, 2.24) is 10.4 Å². The maximum atomic E-state index is 5.84. The quantitative estimate of drug-likeness (QED) is 0.512. The highest BCUT2D eigenvalue weighted by atomic mass is 15.5. The Morgan fingerprint density at radius 3 is 2.33 bits per heavy atom. The fourth-order valence-electron chi connectivity index (χ4n) is 1.01. The Morgan fingerprint density at radius 1 is 1.25 bits per heavy atom. The zero-order valence-electron chi connectivity index (χ0n) is 7.49. The molecule has 12 heavy (non-hydrogen) atoms. The van der Waals surface area contributed by atoms with E-state index in [0.29, 0.717) is 0 Å². The van der Waals surface area contributed by atoms with Gasteiger partial charge in [-0.1, -0.05) is 30.3 Å². The smallest absolute Gasteiger partial charge is 0.0940 e. The van der Waals surface area contributed by atoms with Gasteiger partial charge in [0.15, 0.2) is 0 Å². The highest BCUT2D eigenvalue weighted by molar-refractivity contribution is 5.17. The molecule has 0 heterocycles. The lowest BCUT2D eigenvalue weighted by atomic mass is 10.2. The van der Waals surface area contributed by atoms with E-state index in [9.17, 15) is 0 Å². The van der Waals surface area contributed by atoms with Crippen LogP contribution in [0.2, 0.25) is 0 Å². The zero-order chi connectivity index (χ0) is 8.97. The molecule has 0 aliphatic heterocycles. The van der Waals surface area contributed by atoms with E-state index in [2.05, 4.69) is 5.43 Å². The fraction of sp³-hybridized carbons (Fsp3) is 0.333. The van der Waals surface area contributed by atoms with E-state index in [-0.39, 0.29) is 6.17 Å². The first kappa shape index (κ1) is 9.19. The summed E-state index contributed by atoms with van der Waals surface area (Å²) in [5.74, 6) is 0. The molecule has 0 spiro atoms. The minimum atomic E-state index is -0.124. The summed E-state index contributed by atoms with van der Waals surface area (Å²) < 4.78 is 0. The van der Waals surface area contributed by atoms with Crippen molar-refractivity contribution in [2.24, 2.45) is 5.73 Å². The molecule has 1 atom stereocenters. The van der Waals surface area contributed by atoms with Gasteiger partial charge in [0.25, 0.3) is 0 Å². The SMILES string of the molecule is CN(C)NC(N)c1ccccc1. The molecule has 66 valence electrons. The van der Waals surface area contributed by atoms with Crippen LogP contribution in [0.3, 0.4) is 0 Å². The first-order valence-electron chi connectivity index (χ1n) is 3.94. The Hall–Kier alpha value is -0.900. The second-order valence-corrected chi connectivity index (χ2v) is 2.91. The van der Waals surface area contributed by atoms with Crippen LogP contribution in [-0.2, 0) is 0 Å². The maximum absolute atomic E-state index is 5.84. The number of nitrogens with one attached hydrogen (secondary N) is 1. The molecule has 0 amide bonds. The Balaban J connectivity index is 2.59. The number of hydrazine groups is 1. The summed E-state index contributed by atoms with van der Waals surface area (Å²) in [5.41, 5.74) is 10.0. The number of hydrogen-bond acceptors (Lipinski definition) is 3. The Kier molecular flexibility index (Phi) is 3.22. The summed E-state index contributed by atoms with van der Waals surface area (Å²) in [6.07, 6.45) is -0.124. The Bertz CT molecular complexity index is 220. The summed E-state index contributed by atoms with van der Waals surface area (Å²) >= 11 is 0. The predicted molar refractivity (Wildman–Crippen MR) is 50.2 cm³/mol. The van der Waals surface area contributed by atoms with Crippen LogP contribution in [-0.4, -0.2) is 19.1 Å². The molecule has 0 fully saturated rings. The molecule has 3 nitrogen and oxygen atoms in total. The van der Waals surface area contributed by atoms with Crippen molar-refractivity contribution in [3.8, 4) is 0 Å². The van der Waals surface area contributed by atoms with E-state index in [1.807, 2.05) is 49.4 Å². The molecule has 0 radical (unpaired) electrons. The molecule has 1 rings (SSSR count). The molecule has 0 aliphatic rings. The lowest BCUT2D eigenvalue weighted by molar-refractivity contribution is 0.246. The van der Waals surface area contributed by atoms with Gasteiger partial charge in [-0.3, -0.25) is 0 Å². The second kappa shape index (κ2) is 4.21. The van der Waals surface area contributed by atoms with Crippen LogP contribution in [0, 0.1) is 0 Å². The lowest BCUT2D eigenvalue weighted by Crippen LogP contribution is -2.38. The molecule has 0 bridgehead atoms. The van der Waals surface area contributed by atoms with Gasteiger partial charge in [-0.15, -0.1) is 0 Å². The summed E-state index contributed by atoms with van der Waals surface area (Å²) in [6, 6.07) is 9.94. The van der Waals surface area contributed by atoms with Crippen LogP contribution < -0.4 is 11.2 Å². The zero-order valence-corrected chi connectivity index (χ0v) is 7.49. The van der Waals surface area contributed by atoms with E-state index in [0.717, 1.165) is 5.56 Å². The maximum Gasteiger partial charge on any atom is 0.0940 e. The van der Waals surface area contributed by atoms with Crippen molar-refractivity contribution in [3.05, 3.63) is 35.9 Å². The third kappa shape index (κ3) is 2.62. The van der Waals surface area contributed by atoms with Gasteiger partial charge in [0.05, 0.1) is 6.17 Å². The van der Waals surface area contributed by atoms with Crippen LogP contribution >= 0.6 is 0 Å². The molecular formula is C9H15N3. The van der Waals surface area contributed by atoms with E-state index >= 15 is 0 Å². The summed E-state index contributed by atoms with van der Waals surface area (Å²) in [7, 11) is 3.84. The average molecular weight is 165 g/mol. The molecule has 0 aromatic heterocycles. The molecule has 0 saturated heterocycles. The van der Waals surface area contributed by atoms with Gasteiger partial charge >= 0.3 is 0 Å². The van der Waals surface area contributed by atoms with Gasteiger partial charge in [-0.05, 0) is 5.56 Å². The van der Waals surface area contributed by atoms with Crippen molar-refractivity contribution >= 4 is 0 Å². The average Bonchev–Trinajstić information content (AvgIpc) is 2.05. The van der Waals surface area contributed by atoms with Gasteiger partial charge in [0.2, 0.25) is 0 Å². The second-order valence-electron chi connectivity index (χ2n) is 2.91. The largest absolute Gasteiger partial charge is 0.311 e. The Morgan fingerprint density at radius 2 is 1.83 bits per heavy atom. The topological polar surface area (TPSA) is 41.3 Å². The number of nitrogens with zero attached hydrogens (tertiary/aromatic N) is 1. The summed E-state index contributed by atoms with van der Waals surface area (Å²) in [6.45, 7) is 0. The predicted octanol–water partition coefficient (Wildman–Crippen LogP) is 0.710. The van der Waals surface area contributed by atoms with Crippen LogP contribution in [0.1, 0.15) is 11.7 Å². The Labute approximate surface area is 73.1 Å². The van der Waals surface area contributed by atoms with Crippen molar-refractivity contribution in [3.63, 3.8) is 0 Å².